The van der Waals surface area contributed by atoms with E-state index in [9.17, 15) is 5.11 Å². The molecule has 24 heavy (non-hydrogen) atoms. The van der Waals surface area contributed by atoms with Gasteiger partial charge in [0.2, 0.25) is 0 Å². The summed E-state index contributed by atoms with van der Waals surface area (Å²) in [7, 11) is 0. The molecule has 0 fully saturated rings. The van der Waals surface area contributed by atoms with Gasteiger partial charge in [-0.25, -0.2) is 14.3 Å². The number of nitrogens with zero attached hydrogens (tertiary/aromatic N) is 5. The van der Waals surface area contributed by atoms with Crippen molar-refractivity contribution in [2.24, 2.45) is 0 Å². The zero-order valence-electron chi connectivity index (χ0n) is 14.2. The standard InChI is InChI=1S/C17H22N6O/c1-12-8-15(4-5-16(12)23-11-18-10-20-23)9-19-17-13(2)14(3)21-22(17)6-7-24/h4-5,8,10-11,19,24H,6-7,9H2,1-3H3. The van der Waals surface area contributed by atoms with E-state index in [0.717, 1.165) is 28.3 Å². The van der Waals surface area contributed by atoms with Gasteiger partial charge in [-0.3, -0.25) is 0 Å². The topological polar surface area (TPSA) is 80.8 Å². The fraction of sp³-hybridized carbons (Fsp3) is 0.353. The molecule has 7 nitrogen and oxygen atoms in total. The summed E-state index contributed by atoms with van der Waals surface area (Å²) in [6.07, 6.45) is 3.22. The van der Waals surface area contributed by atoms with Gasteiger partial charge < -0.3 is 10.4 Å². The van der Waals surface area contributed by atoms with Crippen molar-refractivity contribution in [3.63, 3.8) is 0 Å². The normalized spacial score (nSPS) is 11.0. The van der Waals surface area contributed by atoms with Crippen LogP contribution in [0.1, 0.15) is 22.4 Å². The van der Waals surface area contributed by atoms with E-state index in [1.807, 2.05) is 24.6 Å². The molecule has 7 heteroatoms. The molecule has 0 aliphatic rings. The SMILES string of the molecule is Cc1cc(CNc2c(C)c(C)nn2CCO)ccc1-n1cncn1. The summed E-state index contributed by atoms with van der Waals surface area (Å²) in [4.78, 5) is 3.99. The highest BCUT2D eigenvalue weighted by Crippen LogP contribution is 2.20. The highest BCUT2D eigenvalue weighted by Gasteiger charge is 2.11. The van der Waals surface area contributed by atoms with Gasteiger partial charge in [0.1, 0.15) is 18.5 Å². The highest BCUT2D eigenvalue weighted by molar-refractivity contribution is 5.48. The van der Waals surface area contributed by atoms with Crippen molar-refractivity contribution in [2.45, 2.75) is 33.9 Å². The van der Waals surface area contributed by atoms with Crippen LogP contribution in [0.5, 0.6) is 0 Å². The van der Waals surface area contributed by atoms with Gasteiger partial charge in [0.15, 0.2) is 0 Å². The average Bonchev–Trinajstić information content (AvgIpc) is 3.16. The molecule has 3 rings (SSSR count). The van der Waals surface area contributed by atoms with Gasteiger partial charge in [-0.05, 0) is 38.0 Å². The third-order valence-corrected chi connectivity index (χ3v) is 4.13. The summed E-state index contributed by atoms with van der Waals surface area (Å²) in [6.45, 7) is 7.33. The number of aryl methyl sites for hydroxylation is 2. The Labute approximate surface area is 141 Å². The minimum Gasteiger partial charge on any atom is -0.394 e. The Bertz CT molecular complexity index is 822. The lowest BCUT2D eigenvalue weighted by atomic mass is 10.1. The molecule has 0 bridgehead atoms. The van der Waals surface area contributed by atoms with Crippen molar-refractivity contribution in [1.29, 1.82) is 0 Å². The fourth-order valence-corrected chi connectivity index (χ4v) is 2.75. The Morgan fingerprint density at radius 1 is 1.21 bits per heavy atom. The minimum absolute atomic E-state index is 0.0704. The van der Waals surface area contributed by atoms with E-state index in [1.165, 1.54) is 11.9 Å². The number of hydrogen-bond acceptors (Lipinski definition) is 5. The van der Waals surface area contributed by atoms with Crippen molar-refractivity contribution in [2.75, 3.05) is 11.9 Å². The van der Waals surface area contributed by atoms with Crippen LogP contribution >= 0.6 is 0 Å². The van der Waals surface area contributed by atoms with Crippen LogP contribution in [0.3, 0.4) is 0 Å². The molecule has 0 spiro atoms. The van der Waals surface area contributed by atoms with E-state index in [2.05, 4.69) is 39.6 Å². The fourth-order valence-electron chi connectivity index (χ4n) is 2.75. The van der Waals surface area contributed by atoms with Crippen LogP contribution in [0, 0.1) is 20.8 Å². The summed E-state index contributed by atoms with van der Waals surface area (Å²) in [5, 5.41) is 21.2. The monoisotopic (exact) mass is 326 g/mol. The second kappa shape index (κ2) is 6.84. The molecule has 1 aromatic carbocycles. The van der Waals surface area contributed by atoms with Gasteiger partial charge in [0.25, 0.3) is 0 Å². The van der Waals surface area contributed by atoms with Gasteiger partial charge in [-0.2, -0.15) is 10.2 Å². The number of benzene rings is 1. The molecule has 0 saturated carbocycles. The molecule has 0 aliphatic carbocycles. The number of anilines is 1. The third-order valence-electron chi connectivity index (χ3n) is 4.13. The summed E-state index contributed by atoms with van der Waals surface area (Å²) >= 11 is 0. The highest BCUT2D eigenvalue weighted by atomic mass is 16.3. The number of nitrogens with one attached hydrogen (secondary N) is 1. The Morgan fingerprint density at radius 3 is 2.71 bits per heavy atom. The maximum atomic E-state index is 9.18. The second-order valence-electron chi connectivity index (χ2n) is 5.82. The number of rotatable bonds is 6. The number of aliphatic hydroxyl groups is 1. The first-order valence-electron chi connectivity index (χ1n) is 7.93. The molecule has 3 aromatic rings. The van der Waals surface area contributed by atoms with Crippen LogP contribution in [0.4, 0.5) is 5.82 Å². The van der Waals surface area contributed by atoms with Crippen molar-refractivity contribution < 1.29 is 5.11 Å². The molecule has 0 amide bonds. The predicted molar refractivity (Wildman–Crippen MR) is 92.2 cm³/mol. The Kier molecular flexibility index (Phi) is 4.61. The van der Waals surface area contributed by atoms with E-state index < -0.39 is 0 Å². The molecule has 0 radical (unpaired) electrons. The Morgan fingerprint density at radius 2 is 2.04 bits per heavy atom. The maximum absolute atomic E-state index is 9.18. The molecule has 0 atom stereocenters. The van der Waals surface area contributed by atoms with Crippen LogP contribution < -0.4 is 5.32 Å². The second-order valence-corrected chi connectivity index (χ2v) is 5.82. The predicted octanol–water partition coefficient (Wildman–Crippen LogP) is 1.99. The molecule has 2 aromatic heterocycles. The smallest absolute Gasteiger partial charge is 0.138 e. The molecular formula is C17H22N6O. The largest absolute Gasteiger partial charge is 0.394 e. The number of aromatic nitrogens is 5. The molecule has 0 saturated heterocycles. The summed E-state index contributed by atoms with van der Waals surface area (Å²) in [6, 6.07) is 6.26. The molecule has 126 valence electrons. The first-order chi connectivity index (χ1) is 11.6. The van der Waals surface area contributed by atoms with Crippen LogP contribution in [0.25, 0.3) is 5.69 Å². The van der Waals surface area contributed by atoms with Gasteiger partial charge >= 0.3 is 0 Å². The van der Waals surface area contributed by atoms with Gasteiger partial charge in [0, 0.05) is 12.1 Å². The van der Waals surface area contributed by atoms with E-state index in [4.69, 9.17) is 0 Å². The zero-order chi connectivity index (χ0) is 17.1. The Hall–Kier alpha value is -2.67. The number of hydrogen-bond donors (Lipinski definition) is 2. The first kappa shape index (κ1) is 16.2. The van der Waals surface area contributed by atoms with Crippen LogP contribution in [-0.4, -0.2) is 36.3 Å². The van der Waals surface area contributed by atoms with E-state index in [-0.39, 0.29) is 6.61 Å². The summed E-state index contributed by atoms with van der Waals surface area (Å²) in [5.41, 5.74) is 5.42. The molecular weight excluding hydrogens is 304 g/mol. The van der Waals surface area contributed by atoms with Crippen LogP contribution in [0.2, 0.25) is 0 Å². The van der Waals surface area contributed by atoms with Gasteiger partial charge in [-0.15, -0.1) is 0 Å². The summed E-state index contributed by atoms with van der Waals surface area (Å²) in [5.74, 6) is 0.958. The van der Waals surface area contributed by atoms with Crippen LogP contribution in [-0.2, 0) is 13.1 Å². The first-order valence-corrected chi connectivity index (χ1v) is 7.93. The van der Waals surface area contributed by atoms with E-state index >= 15 is 0 Å². The quantitative estimate of drug-likeness (QED) is 0.724. The summed E-state index contributed by atoms with van der Waals surface area (Å²) < 4.78 is 3.58. The molecule has 2 heterocycles. The van der Waals surface area contributed by atoms with Crippen LogP contribution in [0.15, 0.2) is 30.9 Å². The number of aliphatic hydroxyl groups excluding tert-OH is 1. The van der Waals surface area contributed by atoms with E-state index in [1.54, 1.807) is 11.0 Å². The van der Waals surface area contributed by atoms with Crippen molar-refractivity contribution in [3.8, 4) is 5.69 Å². The minimum atomic E-state index is 0.0704. The Balaban J connectivity index is 1.77. The van der Waals surface area contributed by atoms with Crippen molar-refractivity contribution >= 4 is 5.82 Å². The van der Waals surface area contributed by atoms with Crippen molar-refractivity contribution in [3.05, 3.63) is 53.2 Å². The lowest BCUT2D eigenvalue weighted by molar-refractivity contribution is 0.270. The van der Waals surface area contributed by atoms with Gasteiger partial charge in [-0.1, -0.05) is 12.1 Å². The zero-order valence-corrected chi connectivity index (χ0v) is 14.2. The third kappa shape index (κ3) is 3.16. The molecule has 0 aliphatic heterocycles. The van der Waals surface area contributed by atoms with Crippen molar-refractivity contribution in [1.82, 2.24) is 24.5 Å². The van der Waals surface area contributed by atoms with Gasteiger partial charge in [0.05, 0.1) is 24.5 Å². The molecule has 2 N–H and O–H groups in total. The lowest BCUT2D eigenvalue weighted by Gasteiger charge is -2.12. The molecule has 0 unspecified atom stereocenters. The maximum Gasteiger partial charge on any atom is 0.138 e. The van der Waals surface area contributed by atoms with E-state index in [0.29, 0.717) is 13.1 Å². The lowest BCUT2D eigenvalue weighted by Crippen LogP contribution is -2.11. The average molecular weight is 326 g/mol.